The Kier molecular flexibility index (Phi) is 5.09. The first-order valence-electron chi connectivity index (χ1n) is 13.3. The van der Waals surface area contributed by atoms with Gasteiger partial charge in [-0.25, -0.2) is 0 Å². The summed E-state index contributed by atoms with van der Waals surface area (Å²) in [5, 5.41) is 23.4. The van der Waals surface area contributed by atoms with Gasteiger partial charge in [-0.15, -0.1) is 0 Å². The van der Waals surface area contributed by atoms with Crippen molar-refractivity contribution in [1.82, 2.24) is 9.80 Å². The van der Waals surface area contributed by atoms with E-state index in [9.17, 15) is 15.0 Å². The zero-order valence-corrected chi connectivity index (χ0v) is 22.2. The second-order valence-electron chi connectivity index (χ2n) is 11.7. The quantitative estimate of drug-likeness (QED) is 0.590. The zero-order valence-electron chi connectivity index (χ0n) is 20.6. The third-order valence-electron chi connectivity index (χ3n) is 9.87. The highest BCUT2D eigenvalue weighted by molar-refractivity contribution is 9.10. The first kappa shape index (κ1) is 23.1. The Hall–Kier alpha value is -2.09. The number of carbonyl (C=O) groups is 1. The number of aliphatic hydroxyl groups is 1. The number of halogens is 1. The number of nitrogens with zero attached hydrogens (tertiary/aromatic N) is 2. The molecule has 2 aromatic carbocycles. The first-order chi connectivity index (χ1) is 17.3. The average Bonchev–Trinajstić information content (AvgIpc) is 3.59. The fourth-order valence-electron chi connectivity index (χ4n) is 7.98. The molecule has 5 aliphatic rings. The van der Waals surface area contributed by atoms with Gasteiger partial charge in [-0.2, -0.15) is 0 Å². The van der Waals surface area contributed by atoms with E-state index in [-0.39, 0.29) is 29.8 Å². The predicted molar refractivity (Wildman–Crippen MR) is 139 cm³/mol. The molecule has 2 heterocycles. The van der Waals surface area contributed by atoms with E-state index in [1.165, 1.54) is 18.4 Å². The summed E-state index contributed by atoms with van der Waals surface area (Å²) in [6.45, 7) is 1.98. The average molecular weight is 553 g/mol. The summed E-state index contributed by atoms with van der Waals surface area (Å²) in [4.78, 5) is 17.9. The molecule has 2 bridgehead atoms. The van der Waals surface area contributed by atoms with Gasteiger partial charge in [-0.1, -0.05) is 34.1 Å². The van der Waals surface area contributed by atoms with Gasteiger partial charge in [0.15, 0.2) is 11.5 Å². The number of hydrogen-bond acceptors (Lipinski definition) is 5. The number of phenols is 1. The third-order valence-corrected chi connectivity index (χ3v) is 10.4. The van der Waals surface area contributed by atoms with E-state index in [0.717, 1.165) is 47.4 Å². The summed E-state index contributed by atoms with van der Waals surface area (Å²) in [6, 6.07) is 11.5. The van der Waals surface area contributed by atoms with Crippen LogP contribution in [0.15, 0.2) is 40.9 Å². The highest BCUT2D eigenvalue weighted by atomic mass is 79.9. The molecular weight excluding hydrogens is 520 g/mol. The number of ether oxygens (including phenoxy) is 1. The number of carbonyl (C=O) groups excluding carboxylic acids is 1. The molecule has 2 aliphatic heterocycles. The summed E-state index contributed by atoms with van der Waals surface area (Å²) < 4.78 is 7.59. The van der Waals surface area contributed by atoms with Crippen LogP contribution in [0, 0.1) is 5.92 Å². The van der Waals surface area contributed by atoms with Crippen molar-refractivity contribution in [1.29, 1.82) is 0 Å². The molecule has 1 amide bonds. The Morgan fingerprint density at radius 1 is 1.22 bits per heavy atom. The number of likely N-dealkylation sites (N-methyl/N-ethyl adjacent to an activating group) is 1. The number of amides is 1. The predicted octanol–water partition coefficient (Wildman–Crippen LogP) is 3.79. The molecule has 3 aliphatic carbocycles. The summed E-state index contributed by atoms with van der Waals surface area (Å²) in [5.74, 6) is 1.47. The van der Waals surface area contributed by atoms with Gasteiger partial charge in [-0.3, -0.25) is 9.69 Å². The van der Waals surface area contributed by atoms with Crippen LogP contribution in [-0.4, -0.2) is 69.8 Å². The van der Waals surface area contributed by atoms with Gasteiger partial charge in [-0.05, 0) is 80.3 Å². The van der Waals surface area contributed by atoms with Crippen LogP contribution in [0.3, 0.4) is 0 Å². The van der Waals surface area contributed by atoms with Gasteiger partial charge in [0, 0.05) is 29.7 Å². The number of phenolic OH excluding ortho intramolecular Hbond substituents is 1. The van der Waals surface area contributed by atoms with Gasteiger partial charge in [0.1, 0.15) is 6.10 Å². The van der Waals surface area contributed by atoms with Gasteiger partial charge in [0.25, 0.3) is 0 Å². The Bertz CT molecular complexity index is 1250. The first-order valence-corrected chi connectivity index (χ1v) is 14.1. The van der Waals surface area contributed by atoms with Crippen LogP contribution < -0.4 is 4.74 Å². The normalized spacial score (nSPS) is 34.1. The Morgan fingerprint density at radius 3 is 2.83 bits per heavy atom. The van der Waals surface area contributed by atoms with Crippen LogP contribution in [0.1, 0.15) is 48.8 Å². The molecule has 2 aromatic rings. The molecule has 0 radical (unpaired) electrons. The molecule has 7 rings (SSSR count). The third kappa shape index (κ3) is 3.12. The summed E-state index contributed by atoms with van der Waals surface area (Å²) in [7, 11) is 1.88. The summed E-state index contributed by atoms with van der Waals surface area (Å²) in [6.07, 6.45) is 5.41. The van der Waals surface area contributed by atoms with Crippen LogP contribution in [0.4, 0.5) is 0 Å². The molecule has 2 unspecified atom stereocenters. The lowest BCUT2D eigenvalue weighted by atomic mass is 9.48. The number of rotatable bonds is 5. The van der Waals surface area contributed by atoms with Gasteiger partial charge < -0.3 is 19.8 Å². The van der Waals surface area contributed by atoms with Crippen LogP contribution in [0.2, 0.25) is 0 Å². The van der Waals surface area contributed by atoms with E-state index in [0.29, 0.717) is 25.0 Å². The van der Waals surface area contributed by atoms with E-state index in [4.69, 9.17) is 4.74 Å². The van der Waals surface area contributed by atoms with Gasteiger partial charge in [0.05, 0.1) is 23.5 Å². The second kappa shape index (κ2) is 7.95. The van der Waals surface area contributed by atoms with Crippen molar-refractivity contribution in [3.8, 4) is 11.5 Å². The largest absolute Gasteiger partial charge is 0.504 e. The van der Waals surface area contributed by atoms with Crippen molar-refractivity contribution in [2.24, 2.45) is 5.92 Å². The molecule has 5 atom stereocenters. The molecule has 1 spiro atoms. The number of piperidine rings is 1. The molecular formula is C29H33BrN2O4. The minimum absolute atomic E-state index is 0.0440. The molecule has 36 heavy (non-hydrogen) atoms. The molecule has 6 nitrogen and oxygen atoms in total. The molecule has 190 valence electrons. The zero-order chi connectivity index (χ0) is 24.8. The Morgan fingerprint density at radius 2 is 2.06 bits per heavy atom. The molecule has 3 fully saturated rings. The smallest absolute Gasteiger partial charge is 0.227 e. The van der Waals surface area contributed by atoms with E-state index < -0.39 is 11.0 Å². The molecule has 1 saturated heterocycles. The lowest BCUT2D eigenvalue weighted by molar-refractivity contribution is -0.200. The molecule has 0 aromatic heterocycles. The standard InChI is InChI=1S/C29H33BrN2O4/c1-31(24(34)14-18-3-2-4-20(30)13-18)21-9-10-29(35)23-15-19-7-8-22(33)26-25(19)28(29,27(21)36-26)11-12-32(23)16-17-5-6-17/h2-4,7-8,13,17,21,23,27,33,35H,5-6,9-12,14-16H2,1H3/t21?,23-,27?,28+,29-/m1/s1. The van der Waals surface area contributed by atoms with Crippen LogP contribution >= 0.6 is 15.9 Å². The lowest BCUT2D eigenvalue weighted by Crippen LogP contribution is -2.78. The van der Waals surface area contributed by atoms with Gasteiger partial charge >= 0.3 is 0 Å². The number of likely N-dealkylation sites (tertiary alicyclic amines) is 1. The van der Waals surface area contributed by atoms with E-state index in [2.05, 4.69) is 20.8 Å². The number of benzene rings is 2. The molecule has 2 saturated carbocycles. The minimum Gasteiger partial charge on any atom is -0.504 e. The maximum atomic E-state index is 13.5. The van der Waals surface area contributed by atoms with Crippen LogP contribution in [-0.2, 0) is 23.1 Å². The highest BCUT2D eigenvalue weighted by Gasteiger charge is 2.73. The Balaban J connectivity index is 1.26. The second-order valence-corrected chi connectivity index (χ2v) is 12.6. The number of hydrogen-bond donors (Lipinski definition) is 2. The van der Waals surface area contributed by atoms with E-state index >= 15 is 0 Å². The van der Waals surface area contributed by atoms with Crippen LogP contribution in [0.25, 0.3) is 0 Å². The topological polar surface area (TPSA) is 73.2 Å². The Labute approximate surface area is 220 Å². The van der Waals surface area contributed by atoms with E-state index in [1.54, 1.807) is 6.07 Å². The maximum Gasteiger partial charge on any atom is 0.227 e. The van der Waals surface area contributed by atoms with Crippen molar-refractivity contribution in [2.45, 2.75) is 74.1 Å². The van der Waals surface area contributed by atoms with Crippen molar-refractivity contribution in [2.75, 3.05) is 20.1 Å². The summed E-state index contributed by atoms with van der Waals surface area (Å²) in [5.41, 5.74) is 1.63. The van der Waals surface area contributed by atoms with Crippen molar-refractivity contribution < 1.29 is 19.7 Å². The lowest BCUT2D eigenvalue weighted by Gasteiger charge is -2.64. The minimum atomic E-state index is -0.929. The van der Waals surface area contributed by atoms with Crippen LogP contribution in [0.5, 0.6) is 11.5 Å². The molecule has 7 heteroatoms. The van der Waals surface area contributed by atoms with Crippen molar-refractivity contribution in [3.05, 3.63) is 57.6 Å². The maximum absolute atomic E-state index is 13.5. The molecule has 2 N–H and O–H groups in total. The van der Waals surface area contributed by atoms with Gasteiger partial charge in [0.2, 0.25) is 5.91 Å². The monoisotopic (exact) mass is 552 g/mol. The highest BCUT2D eigenvalue weighted by Crippen LogP contribution is 2.66. The van der Waals surface area contributed by atoms with E-state index in [1.807, 2.05) is 42.3 Å². The summed E-state index contributed by atoms with van der Waals surface area (Å²) >= 11 is 3.50. The SMILES string of the molecule is CN(C(=O)Cc1cccc(Br)c1)C1CC[C@@]2(O)[C@H]3Cc4ccc(O)c5c4[C@@]2(CCN3CC2CC2)C1O5. The van der Waals surface area contributed by atoms with Crippen molar-refractivity contribution in [3.63, 3.8) is 0 Å². The fraction of sp³-hybridized carbons (Fsp3) is 0.552. The fourth-order valence-corrected chi connectivity index (χ4v) is 8.43. The number of aromatic hydroxyl groups is 1. The van der Waals surface area contributed by atoms with Crippen molar-refractivity contribution >= 4 is 21.8 Å².